The number of carbonyl (C=O) groups excluding carboxylic acids is 1. The summed E-state index contributed by atoms with van der Waals surface area (Å²) in [5.74, 6) is 0.0919. The fraction of sp³-hybridized carbons (Fsp3) is 0.378. The zero-order chi connectivity index (χ0) is 30.7. The van der Waals surface area contributed by atoms with Crippen molar-refractivity contribution in [2.45, 2.75) is 76.0 Å². The number of aromatic nitrogens is 2. The normalized spacial score (nSPS) is 29.2. The van der Waals surface area contributed by atoms with Crippen LogP contribution in [-0.2, 0) is 25.4 Å². The third kappa shape index (κ3) is 4.16. The van der Waals surface area contributed by atoms with Gasteiger partial charge in [-0.25, -0.2) is 9.97 Å². The summed E-state index contributed by atoms with van der Waals surface area (Å²) in [4.78, 5) is 23.5. The predicted octanol–water partition coefficient (Wildman–Crippen LogP) is 6.51. The van der Waals surface area contributed by atoms with E-state index in [4.69, 9.17) is 33.7 Å². The number of fused-ring (bicyclic) bond motifs is 13. The molecule has 45 heavy (non-hydrogen) atoms. The largest absolute Gasteiger partial charge is 0.486 e. The summed E-state index contributed by atoms with van der Waals surface area (Å²) in [6.07, 6.45) is -1.10. The maximum absolute atomic E-state index is 13.0. The molecular weight excluding hydrogens is 568 g/mol. The van der Waals surface area contributed by atoms with Crippen molar-refractivity contribution in [3.8, 4) is 5.75 Å². The van der Waals surface area contributed by atoms with Crippen LogP contribution in [-0.4, -0.2) is 58.3 Å². The van der Waals surface area contributed by atoms with Gasteiger partial charge in [-0.2, -0.15) is 0 Å². The first-order valence-electron chi connectivity index (χ1n) is 15.7. The molecule has 0 N–H and O–H groups in total. The Hall–Kier alpha value is -3.95. The van der Waals surface area contributed by atoms with E-state index in [0.29, 0.717) is 18.6 Å². The Labute approximate surface area is 260 Å². The summed E-state index contributed by atoms with van der Waals surface area (Å²) in [5.41, 5.74) is 5.20. The van der Waals surface area contributed by atoms with Crippen molar-refractivity contribution >= 4 is 38.6 Å². The molecule has 0 amide bonds. The average molecular weight is 603 g/mol. The SMILES string of the molecule is CC1(C)OC2OC3C(OCC4C3c3c(c5ccccc5c5nc6cc(CC(=O)c7ccccc7)ccc6nc35)OC4(C)C)C2O1. The van der Waals surface area contributed by atoms with Gasteiger partial charge in [0, 0.05) is 40.2 Å². The number of Topliss-reactive ketones (excluding diaryl/α,β-unsaturated/α-hetero) is 1. The maximum Gasteiger partial charge on any atom is 0.190 e. The van der Waals surface area contributed by atoms with Crippen molar-refractivity contribution in [2.24, 2.45) is 5.92 Å². The van der Waals surface area contributed by atoms with Crippen molar-refractivity contribution in [1.29, 1.82) is 0 Å². The molecule has 1 aromatic heterocycles. The Kier molecular flexibility index (Phi) is 5.80. The van der Waals surface area contributed by atoms with Gasteiger partial charge in [-0.3, -0.25) is 4.79 Å². The predicted molar refractivity (Wildman–Crippen MR) is 168 cm³/mol. The smallest absolute Gasteiger partial charge is 0.190 e. The minimum Gasteiger partial charge on any atom is -0.486 e. The number of nitrogens with zero attached hydrogens (tertiary/aromatic N) is 2. The molecular formula is C37H34N2O6. The summed E-state index contributed by atoms with van der Waals surface area (Å²) in [6.45, 7) is 8.58. The van der Waals surface area contributed by atoms with E-state index in [2.05, 4.69) is 26.0 Å². The number of ketones is 1. The Morgan fingerprint density at radius 2 is 1.58 bits per heavy atom. The van der Waals surface area contributed by atoms with E-state index in [1.54, 1.807) is 0 Å². The molecule has 9 rings (SSSR count). The van der Waals surface area contributed by atoms with Gasteiger partial charge in [0.05, 0.1) is 34.8 Å². The first-order valence-corrected chi connectivity index (χ1v) is 15.7. The molecule has 3 fully saturated rings. The molecule has 4 aliphatic rings. The van der Waals surface area contributed by atoms with Crippen LogP contribution >= 0.6 is 0 Å². The Morgan fingerprint density at radius 3 is 2.40 bits per heavy atom. The average Bonchev–Trinajstić information content (AvgIpc) is 3.52. The first-order chi connectivity index (χ1) is 21.7. The van der Waals surface area contributed by atoms with Crippen molar-refractivity contribution in [1.82, 2.24) is 9.97 Å². The van der Waals surface area contributed by atoms with Gasteiger partial charge < -0.3 is 23.7 Å². The van der Waals surface area contributed by atoms with Gasteiger partial charge in [0.1, 0.15) is 23.6 Å². The number of hydrogen-bond donors (Lipinski definition) is 0. The second kappa shape index (κ2) is 9.53. The standard InChI is InChI=1S/C37H34N2O6/c1-36(2)23-18-41-33-32(42-35-34(33)44-37(3,4)45-35)27(23)28-30-29(21-12-8-9-13-22(21)31(28)43-36)39-25-16-19(14-15-24(25)38-30)17-26(40)20-10-6-5-7-11-20/h5-16,23,27,32-35H,17-18H2,1-4H3. The lowest BCUT2D eigenvalue weighted by atomic mass is 9.68. The molecule has 6 atom stereocenters. The Morgan fingerprint density at radius 1 is 0.822 bits per heavy atom. The first kappa shape index (κ1) is 27.4. The van der Waals surface area contributed by atoms with Crippen molar-refractivity contribution in [3.63, 3.8) is 0 Å². The third-order valence-corrected chi connectivity index (χ3v) is 9.99. The molecule has 0 saturated carbocycles. The molecule has 0 bridgehead atoms. The van der Waals surface area contributed by atoms with Gasteiger partial charge in [0.25, 0.3) is 0 Å². The second-order valence-corrected chi connectivity index (χ2v) is 13.7. The fourth-order valence-corrected chi connectivity index (χ4v) is 7.92. The van der Waals surface area contributed by atoms with Crippen LogP contribution < -0.4 is 4.74 Å². The highest BCUT2D eigenvalue weighted by atomic mass is 16.8. The molecule has 8 nitrogen and oxygen atoms in total. The van der Waals surface area contributed by atoms with E-state index in [-0.39, 0.29) is 35.9 Å². The lowest BCUT2D eigenvalue weighted by molar-refractivity contribution is -0.240. The number of benzene rings is 4. The van der Waals surface area contributed by atoms with Crippen LogP contribution in [0.4, 0.5) is 0 Å². The minimum atomic E-state index is -0.731. The molecule has 5 aromatic rings. The highest BCUT2D eigenvalue weighted by Gasteiger charge is 2.63. The highest BCUT2D eigenvalue weighted by Crippen LogP contribution is 2.57. The molecule has 4 aromatic carbocycles. The number of ether oxygens (including phenoxy) is 5. The summed E-state index contributed by atoms with van der Waals surface area (Å²) in [7, 11) is 0. The quantitative estimate of drug-likeness (QED) is 0.131. The van der Waals surface area contributed by atoms with Gasteiger partial charge in [-0.15, -0.1) is 0 Å². The Balaban J connectivity index is 1.22. The summed E-state index contributed by atoms with van der Waals surface area (Å²) >= 11 is 0. The van der Waals surface area contributed by atoms with Crippen LogP contribution in [0.25, 0.3) is 32.8 Å². The van der Waals surface area contributed by atoms with E-state index in [1.807, 2.05) is 74.5 Å². The van der Waals surface area contributed by atoms with E-state index < -0.39 is 17.7 Å². The zero-order valence-electron chi connectivity index (χ0n) is 25.7. The van der Waals surface area contributed by atoms with Crippen LogP contribution in [0.5, 0.6) is 5.75 Å². The molecule has 5 heterocycles. The summed E-state index contributed by atoms with van der Waals surface area (Å²) in [5, 5.41) is 1.97. The Bertz CT molecular complexity index is 2020. The molecule has 6 unspecified atom stereocenters. The van der Waals surface area contributed by atoms with Crippen molar-refractivity contribution in [3.05, 3.63) is 89.5 Å². The third-order valence-electron chi connectivity index (χ3n) is 9.99. The highest BCUT2D eigenvalue weighted by molar-refractivity contribution is 6.11. The topological polar surface area (TPSA) is 89.0 Å². The van der Waals surface area contributed by atoms with Crippen molar-refractivity contribution < 1.29 is 28.5 Å². The summed E-state index contributed by atoms with van der Waals surface area (Å²) < 4.78 is 32.5. The lowest BCUT2D eigenvalue weighted by Crippen LogP contribution is -2.57. The van der Waals surface area contributed by atoms with E-state index in [1.165, 1.54) is 0 Å². The van der Waals surface area contributed by atoms with E-state index >= 15 is 0 Å². The molecule has 0 spiro atoms. The van der Waals surface area contributed by atoms with Crippen LogP contribution in [0.3, 0.4) is 0 Å². The van der Waals surface area contributed by atoms with Crippen LogP contribution in [0, 0.1) is 5.92 Å². The number of hydrogen-bond acceptors (Lipinski definition) is 8. The van der Waals surface area contributed by atoms with E-state index in [0.717, 1.165) is 49.7 Å². The molecule has 0 aliphatic carbocycles. The van der Waals surface area contributed by atoms with Crippen molar-refractivity contribution in [2.75, 3.05) is 6.61 Å². The zero-order valence-corrected chi connectivity index (χ0v) is 25.7. The van der Waals surface area contributed by atoms with Gasteiger partial charge in [0.2, 0.25) is 0 Å². The molecule has 228 valence electrons. The fourth-order valence-electron chi connectivity index (χ4n) is 7.92. The lowest BCUT2D eigenvalue weighted by Gasteiger charge is -2.51. The minimum absolute atomic E-state index is 0.00585. The molecule has 8 heteroatoms. The van der Waals surface area contributed by atoms with Gasteiger partial charge in [-0.05, 0) is 45.4 Å². The van der Waals surface area contributed by atoms with Crippen LogP contribution in [0.2, 0.25) is 0 Å². The van der Waals surface area contributed by atoms with Gasteiger partial charge in [0.15, 0.2) is 17.9 Å². The molecule has 3 saturated heterocycles. The van der Waals surface area contributed by atoms with Crippen LogP contribution in [0.15, 0.2) is 72.8 Å². The number of rotatable bonds is 3. The second-order valence-electron chi connectivity index (χ2n) is 13.7. The number of carbonyl (C=O) groups is 1. The van der Waals surface area contributed by atoms with Crippen LogP contribution in [0.1, 0.15) is 55.1 Å². The molecule has 0 radical (unpaired) electrons. The summed E-state index contributed by atoms with van der Waals surface area (Å²) in [6, 6.07) is 23.6. The van der Waals surface area contributed by atoms with Gasteiger partial charge >= 0.3 is 0 Å². The maximum atomic E-state index is 13.0. The van der Waals surface area contributed by atoms with E-state index in [9.17, 15) is 4.79 Å². The van der Waals surface area contributed by atoms with Gasteiger partial charge in [-0.1, -0.05) is 60.7 Å². The monoisotopic (exact) mass is 602 g/mol. The molecule has 4 aliphatic heterocycles.